The number of aromatic nitrogens is 1. The van der Waals surface area contributed by atoms with E-state index in [0.717, 1.165) is 5.56 Å². The van der Waals surface area contributed by atoms with E-state index >= 15 is 0 Å². The van der Waals surface area contributed by atoms with Gasteiger partial charge in [-0.05, 0) is 5.56 Å². The lowest BCUT2D eigenvalue weighted by molar-refractivity contribution is -0.118. The van der Waals surface area contributed by atoms with Gasteiger partial charge in [0.15, 0.2) is 5.75 Å². The van der Waals surface area contributed by atoms with Crippen molar-refractivity contribution in [3.63, 3.8) is 0 Å². The Balaban J connectivity index is 2.11. The molecule has 3 N–H and O–H groups in total. The highest BCUT2D eigenvalue weighted by molar-refractivity contribution is 5.95. The molecule has 1 aromatic heterocycles. The minimum atomic E-state index is -1.04. The van der Waals surface area contributed by atoms with Crippen LogP contribution in [0.25, 0.3) is 0 Å². The van der Waals surface area contributed by atoms with Crippen LogP contribution in [0.4, 0.5) is 4.79 Å². The summed E-state index contributed by atoms with van der Waals surface area (Å²) in [5.74, 6) is -1.08. The lowest BCUT2D eigenvalue weighted by Gasteiger charge is -2.18. The molecule has 0 saturated carbocycles. The molecule has 0 aliphatic carbocycles. The number of carbonyl (C=O) groups is 3. The lowest BCUT2D eigenvalue weighted by atomic mass is 10.2. The zero-order valence-corrected chi connectivity index (χ0v) is 15.0. The maximum absolute atomic E-state index is 12.6. The molecule has 0 fully saturated rings. The molecule has 0 spiro atoms. The second-order valence-corrected chi connectivity index (χ2v) is 5.52. The molecular formula is C18H20N4O5. The third-order valence-electron chi connectivity index (χ3n) is 3.51. The zero-order chi connectivity index (χ0) is 19.8. The van der Waals surface area contributed by atoms with Crippen LogP contribution in [0.5, 0.6) is 11.6 Å². The van der Waals surface area contributed by atoms with Gasteiger partial charge in [0, 0.05) is 25.9 Å². The van der Waals surface area contributed by atoms with Gasteiger partial charge < -0.3 is 20.1 Å². The van der Waals surface area contributed by atoms with Gasteiger partial charge in [-0.1, -0.05) is 30.3 Å². The van der Waals surface area contributed by atoms with Crippen LogP contribution in [0, 0.1) is 0 Å². The van der Waals surface area contributed by atoms with E-state index in [-0.39, 0.29) is 29.6 Å². The van der Waals surface area contributed by atoms with Crippen molar-refractivity contribution in [3.05, 3.63) is 53.7 Å². The molecule has 1 heterocycles. The quantitative estimate of drug-likeness (QED) is 0.773. The number of amides is 3. The maximum atomic E-state index is 12.6. The van der Waals surface area contributed by atoms with Crippen molar-refractivity contribution in [2.45, 2.75) is 6.54 Å². The molecule has 2 rings (SSSR count). The summed E-state index contributed by atoms with van der Waals surface area (Å²) in [5, 5.41) is 1.92. The summed E-state index contributed by atoms with van der Waals surface area (Å²) in [6.07, 6.45) is 0.219. The van der Waals surface area contributed by atoms with Crippen LogP contribution < -0.4 is 20.5 Å². The third-order valence-corrected chi connectivity index (χ3v) is 3.51. The van der Waals surface area contributed by atoms with Crippen molar-refractivity contribution in [2.24, 2.45) is 5.73 Å². The Hall–Kier alpha value is -3.46. The molecule has 0 saturated heterocycles. The second-order valence-electron chi connectivity index (χ2n) is 5.52. The molecule has 142 valence electrons. The number of rotatable bonds is 6. The molecule has 9 nitrogen and oxygen atoms in total. The van der Waals surface area contributed by atoms with E-state index in [1.54, 1.807) is 7.05 Å². The third kappa shape index (κ3) is 5.51. The fourth-order valence-electron chi connectivity index (χ4n) is 2.20. The Kier molecular flexibility index (Phi) is 6.84. The maximum Gasteiger partial charge on any atom is 0.420 e. The van der Waals surface area contributed by atoms with Crippen molar-refractivity contribution in [1.82, 2.24) is 15.2 Å². The van der Waals surface area contributed by atoms with Crippen LogP contribution in [-0.4, -0.2) is 48.5 Å². The summed E-state index contributed by atoms with van der Waals surface area (Å²) in [6.45, 7) is 0.0602. The number of nitrogens with one attached hydrogen (secondary N) is 1. The highest BCUT2D eigenvalue weighted by Gasteiger charge is 2.18. The smallest absolute Gasteiger partial charge is 0.420 e. The molecule has 0 atom stereocenters. The van der Waals surface area contributed by atoms with Crippen molar-refractivity contribution in [1.29, 1.82) is 0 Å². The van der Waals surface area contributed by atoms with E-state index in [4.69, 9.17) is 15.2 Å². The number of imide groups is 1. The summed E-state index contributed by atoms with van der Waals surface area (Å²) in [4.78, 5) is 40.7. The lowest BCUT2D eigenvalue weighted by Crippen LogP contribution is -2.37. The van der Waals surface area contributed by atoms with Gasteiger partial charge in [-0.25, -0.2) is 9.78 Å². The molecule has 0 aliphatic rings. The number of methoxy groups -OCH3 is 1. The average molecular weight is 372 g/mol. The Morgan fingerprint density at radius 2 is 1.93 bits per heavy atom. The van der Waals surface area contributed by atoms with E-state index < -0.39 is 12.0 Å². The van der Waals surface area contributed by atoms with Gasteiger partial charge in [-0.3, -0.25) is 14.9 Å². The van der Waals surface area contributed by atoms with E-state index in [9.17, 15) is 14.4 Å². The van der Waals surface area contributed by atoms with Crippen molar-refractivity contribution in [3.8, 4) is 11.6 Å². The van der Waals surface area contributed by atoms with Gasteiger partial charge in [0.05, 0.1) is 19.2 Å². The first kappa shape index (κ1) is 19.9. The van der Waals surface area contributed by atoms with Gasteiger partial charge in [0.2, 0.25) is 5.91 Å². The van der Waals surface area contributed by atoms with Crippen molar-refractivity contribution < 1.29 is 23.9 Å². The van der Waals surface area contributed by atoms with Crippen LogP contribution in [0.2, 0.25) is 0 Å². The summed E-state index contributed by atoms with van der Waals surface area (Å²) in [7, 11) is 3.01. The Bertz CT molecular complexity index is 826. The molecule has 1 aromatic carbocycles. The first-order valence-electron chi connectivity index (χ1n) is 7.99. The number of nitrogens with zero attached hydrogens (tertiary/aromatic N) is 2. The van der Waals surface area contributed by atoms with Gasteiger partial charge >= 0.3 is 6.09 Å². The summed E-state index contributed by atoms with van der Waals surface area (Å²) in [5.41, 5.74) is 6.35. The van der Waals surface area contributed by atoms with Crippen LogP contribution in [-0.2, 0) is 11.3 Å². The molecular weight excluding hydrogens is 352 g/mol. The average Bonchev–Trinajstić information content (AvgIpc) is 2.68. The number of carbonyl (C=O) groups excluding carboxylic acids is 3. The number of pyridine rings is 1. The predicted molar refractivity (Wildman–Crippen MR) is 96.2 cm³/mol. The number of nitrogens with two attached hydrogens (primary N) is 1. The first-order chi connectivity index (χ1) is 12.9. The summed E-state index contributed by atoms with van der Waals surface area (Å²) in [6, 6.07) is 10.9. The number of hydrogen-bond acceptors (Lipinski definition) is 7. The first-order valence-corrected chi connectivity index (χ1v) is 7.99. The Morgan fingerprint density at radius 3 is 2.56 bits per heavy atom. The largest absolute Gasteiger partial charge is 0.491 e. The summed E-state index contributed by atoms with van der Waals surface area (Å²) < 4.78 is 10.0. The standard InChI is InChI=1S/C18H20N4O5/c1-22(11-12-6-4-3-5-7-12)17(24)13-8-14(26-2)16(20-10-13)27-18(25)21-15(23)9-19/h3-8,10H,9,11,19H2,1-2H3,(H,21,23,25). The minimum Gasteiger partial charge on any atom is -0.491 e. The van der Waals surface area contributed by atoms with Crippen LogP contribution in [0.3, 0.4) is 0 Å². The fourth-order valence-corrected chi connectivity index (χ4v) is 2.20. The van der Waals surface area contributed by atoms with Crippen LogP contribution in [0.1, 0.15) is 15.9 Å². The molecule has 0 unspecified atom stereocenters. The monoisotopic (exact) mass is 372 g/mol. The number of benzene rings is 1. The van der Waals surface area contributed by atoms with Gasteiger partial charge in [0.1, 0.15) is 0 Å². The molecule has 3 amide bonds. The normalized spacial score (nSPS) is 10.0. The topological polar surface area (TPSA) is 124 Å². The molecule has 27 heavy (non-hydrogen) atoms. The van der Waals surface area contributed by atoms with Crippen molar-refractivity contribution >= 4 is 17.9 Å². The second kappa shape index (κ2) is 9.30. The summed E-state index contributed by atoms with van der Waals surface area (Å²) >= 11 is 0. The van der Waals surface area contributed by atoms with Gasteiger partial charge in [-0.2, -0.15) is 0 Å². The fraction of sp³-hybridized carbons (Fsp3) is 0.222. The van der Waals surface area contributed by atoms with Crippen molar-refractivity contribution in [2.75, 3.05) is 20.7 Å². The van der Waals surface area contributed by atoms with E-state index in [1.807, 2.05) is 35.6 Å². The highest BCUT2D eigenvalue weighted by atomic mass is 16.6. The molecule has 0 radical (unpaired) electrons. The molecule has 2 aromatic rings. The number of ether oxygens (including phenoxy) is 2. The van der Waals surface area contributed by atoms with Crippen LogP contribution >= 0.6 is 0 Å². The van der Waals surface area contributed by atoms with Gasteiger partial charge in [0.25, 0.3) is 11.8 Å². The number of hydrogen-bond donors (Lipinski definition) is 2. The van der Waals surface area contributed by atoms with Gasteiger partial charge in [-0.15, -0.1) is 0 Å². The molecule has 9 heteroatoms. The minimum absolute atomic E-state index is 0.0734. The predicted octanol–water partition coefficient (Wildman–Crippen LogP) is 0.936. The van der Waals surface area contributed by atoms with E-state index in [2.05, 4.69) is 4.98 Å². The molecule has 0 aliphatic heterocycles. The Labute approximate surface area is 156 Å². The van der Waals surface area contributed by atoms with Crippen LogP contribution in [0.15, 0.2) is 42.6 Å². The molecule has 0 bridgehead atoms. The Morgan fingerprint density at radius 1 is 1.22 bits per heavy atom. The highest BCUT2D eigenvalue weighted by Crippen LogP contribution is 2.25. The SMILES string of the molecule is COc1cc(C(=O)N(C)Cc2ccccc2)cnc1OC(=O)NC(=O)CN. The zero-order valence-electron chi connectivity index (χ0n) is 15.0. The van der Waals surface area contributed by atoms with E-state index in [1.165, 1.54) is 24.3 Å². The van der Waals surface area contributed by atoms with E-state index in [0.29, 0.717) is 6.54 Å².